The first-order valence-corrected chi connectivity index (χ1v) is 7.51. The quantitative estimate of drug-likeness (QED) is 0.588. The summed E-state index contributed by atoms with van der Waals surface area (Å²) in [5.74, 6) is 1.75. The fraction of sp³-hybridized carbons (Fsp3) is 0.200. The molecule has 2 aromatic carbocycles. The molecule has 0 amide bonds. The standard InChI is InChI=1S/C15H13BrCl2O/c1-9-6-12(7-10(2)14(9)16)19-15-11(8-17)4-3-5-13(15)18/h3-7H,8H2,1-2H3. The SMILES string of the molecule is Cc1cc(Oc2c(Cl)cccc2CCl)cc(C)c1Br. The number of ether oxygens (including phenoxy) is 1. The van der Waals surface area contributed by atoms with Gasteiger partial charge < -0.3 is 4.74 Å². The molecular formula is C15H13BrCl2O. The van der Waals surface area contributed by atoms with Gasteiger partial charge in [-0.15, -0.1) is 11.6 Å². The summed E-state index contributed by atoms with van der Waals surface area (Å²) in [4.78, 5) is 0. The maximum Gasteiger partial charge on any atom is 0.150 e. The summed E-state index contributed by atoms with van der Waals surface area (Å²) in [5, 5.41) is 0.566. The Bertz CT molecular complexity index is 588. The maximum atomic E-state index is 6.18. The first kappa shape index (κ1) is 14.7. The van der Waals surface area contributed by atoms with Crippen molar-refractivity contribution in [3.05, 3.63) is 56.5 Å². The second-order valence-corrected chi connectivity index (χ2v) is 5.80. The normalized spacial score (nSPS) is 10.6. The summed E-state index contributed by atoms with van der Waals surface area (Å²) in [6.45, 7) is 4.05. The van der Waals surface area contributed by atoms with Crippen LogP contribution in [-0.4, -0.2) is 0 Å². The van der Waals surface area contributed by atoms with E-state index in [4.69, 9.17) is 27.9 Å². The first-order chi connectivity index (χ1) is 9.02. The van der Waals surface area contributed by atoms with Gasteiger partial charge in [0.1, 0.15) is 11.5 Å². The lowest BCUT2D eigenvalue weighted by atomic mass is 10.1. The van der Waals surface area contributed by atoms with Crippen LogP contribution >= 0.6 is 39.1 Å². The molecule has 0 atom stereocenters. The molecule has 0 saturated carbocycles. The van der Waals surface area contributed by atoms with Gasteiger partial charge in [0, 0.05) is 10.0 Å². The average molecular weight is 360 g/mol. The number of aryl methyl sites for hydroxylation is 2. The summed E-state index contributed by atoms with van der Waals surface area (Å²) < 4.78 is 7.00. The summed E-state index contributed by atoms with van der Waals surface area (Å²) in [6.07, 6.45) is 0. The number of rotatable bonds is 3. The molecule has 0 fully saturated rings. The van der Waals surface area contributed by atoms with Crippen molar-refractivity contribution in [2.24, 2.45) is 0 Å². The molecule has 2 aromatic rings. The van der Waals surface area contributed by atoms with Crippen molar-refractivity contribution in [1.82, 2.24) is 0 Å². The van der Waals surface area contributed by atoms with E-state index in [1.807, 2.05) is 38.1 Å². The van der Waals surface area contributed by atoms with Crippen LogP contribution in [0.5, 0.6) is 11.5 Å². The molecule has 0 aliphatic heterocycles. The minimum Gasteiger partial charge on any atom is -0.455 e. The molecular weight excluding hydrogens is 347 g/mol. The molecule has 4 heteroatoms. The monoisotopic (exact) mass is 358 g/mol. The third-order valence-corrected chi connectivity index (χ3v) is 4.66. The van der Waals surface area contributed by atoms with Gasteiger partial charge in [-0.05, 0) is 43.2 Å². The Balaban J connectivity index is 2.42. The highest BCUT2D eigenvalue weighted by Gasteiger charge is 2.10. The highest BCUT2D eigenvalue weighted by Crippen LogP contribution is 2.35. The molecule has 0 heterocycles. The van der Waals surface area contributed by atoms with Gasteiger partial charge in [0.25, 0.3) is 0 Å². The van der Waals surface area contributed by atoms with E-state index < -0.39 is 0 Å². The molecule has 0 unspecified atom stereocenters. The first-order valence-electron chi connectivity index (χ1n) is 5.81. The fourth-order valence-corrected chi connectivity index (χ4v) is 2.53. The summed E-state index contributed by atoms with van der Waals surface area (Å²) in [6, 6.07) is 9.51. The van der Waals surface area contributed by atoms with Crippen molar-refractivity contribution < 1.29 is 4.74 Å². The van der Waals surface area contributed by atoms with Crippen LogP contribution in [0.15, 0.2) is 34.8 Å². The van der Waals surface area contributed by atoms with Crippen molar-refractivity contribution in [2.75, 3.05) is 0 Å². The smallest absolute Gasteiger partial charge is 0.150 e. The Kier molecular flexibility index (Phi) is 4.77. The van der Waals surface area contributed by atoms with Crippen LogP contribution < -0.4 is 4.74 Å². The van der Waals surface area contributed by atoms with Crippen molar-refractivity contribution in [3.8, 4) is 11.5 Å². The van der Waals surface area contributed by atoms with E-state index in [9.17, 15) is 0 Å². The molecule has 100 valence electrons. The van der Waals surface area contributed by atoms with Crippen LogP contribution in [0.1, 0.15) is 16.7 Å². The van der Waals surface area contributed by atoms with Gasteiger partial charge in [-0.3, -0.25) is 0 Å². The fourth-order valence-electron chi connectivity index (χ4n) is 1.86. The van der Waals surface area contributed by atoms with Crippen molar-refractivity contribution in [3.63, 3.8) is 0 Å². The largest absolute Gasteiger partial charge is 0.455 e. The Morgan fingerprint density at radius 3 is 2.37 bits per heavy atom. The van der Waals surface area contributed by atoms with Crippen LogP contribution in [0.4, 0.5) is 0 Å². The topological polar surface area (TPSA) is 9.23 Å². The number of benzene rings is 2. The second kappa shape index (κ2) is 6.17. The predicted molar refractivity (Wildman–Crippen MR) is 84.7 cm³/mol. The van der Waals surface area contributed by atoms with Gasteiger partial charge in [0.05, 0.1) is 10.9 Å². The van der Waals surface area contributed by atoms with E-state index in [0.29, 0.717) is 16.7 Å². The highest BCUT2D eigenvalue weighted by molar-refractivity contribution is 9.10. The molecule has 0 saturated heterocycles. The maximum absolute atomic E-state index is 6.18. The second-order valence-electron chi connectivity index (χ2n) is 4.33. The van der Waals surface area contributed by atoms with E-state index in [2.05, 4.69) is 15.9 Å². The Morgan fingerprint density at radius 2 is 1.79 bits per heavy atom. The zero-order chi connectivity index (χ0) is 14.0. The number of halogens is 3. The van der Waals surface area contributed by atoms with E-state index >= 15 is 0 Å². The number of hydrogen-bond acceptors (Lipinski definition) is 1. The molecule has 0 spiro atoms. The summed E-state index contributed by atoms with van der Waals surface area (Å²) in [7, 11) is 0. The lowest BCUT2D eigenvalue weighted by molar-refractivity contribution is 0.477. The van der Waals surface area contributed by atoms with Gasteiger partial charge >= 0.3 is 0 Å². The van der Waals surface area contributed by atoms with Gasteiger partial charge in [-0.25, -0.2) is 0 Å². The van der Waals surface area contributed by atoms with E-state index in [1.165, 1.54) is 0 Å². The van der Waals surface area contributed by atoms with Crippen molar-refractivity contribution in [1.29, 1.82) is 0 Å². The van der Waals surface area contributed by atoms with E-state index in [1.54, 1.807) is 6.07 Å². The minimum atomic E-state index is 0.365. The Hall–Kier alpha value is -0.700. The van der Waals surface area contributed by atoms with Gasteiger partial charge in [0.15, 0.2) is 0 Å². The van der Waals surface area contributed by atoms with Crippen LogP contribution in [0, 0.1) is 13.8 Å². The van der Waals surface area contributed by atoms with Crippen LogP contribution in [0.2, 0.25) is 5.02 Å². The van der Waals surface area contributed by atoms with Crippen molar-refractivity contribution in [2.45, 2.75) is 19.7 Å². The molecule has 0 bridgehead atoms. The van der Waals surface area contributed by atoms with Crippen LogP contribution in [0.25, 0.3) is 0 Å². The molecule has 0 aliphatic carbocycles. The highest BCUT2D eigenvalue weighted by atomic mass is 79.9. The molecule has 0 N–H and O–H groups in total. The molecule has 1 nitrogen and oxygen atoms in total. The van der Waals surface area contributed by atoms with Crippen LogP contribution in [0.3, 0.4) is 0 Å². The lowest BCUT2D eigenvalue weighted by Crippen LogP contribution is -1.92. The molecule has 0 aliphatic rings. The van der Waals surface area contributed by atoms with Gasteiger partial charge in [0.2, 0.25) is 0 Å². The van der Waals surface area contributed by atoms with E-state index in [0.717, 1.165) is 26.9 Å². The predicted octanol–water partition coefficient (Wildman–Crippen LogP) is 6.25. The number of alkyl halides is 1. The Labute approximate surface area is 131 Å². The van der Waals surface area contributed by atoms with Gasteiger partial charge in [-0.2, -0.15) is 0 Å². The molecule has 0 aromatic heterocycles. The van der Waals surface area contributed by atoms with Crippen LogP contribution in [-0.2, 0) is 5.88 Å². The molecule has 2 rings (SSSR count). The summed E-state index contributed by atoms with van der Waals surface area (Å²) in [5.41, 5.74) is 3.12. The third-order valence-electron chi connectivity index (χ3n) is 2.82. The molecule has 19 heavy (non-hydrogen) atoms. The van der Waals surface area contributed by atoms with E-state index in [-0.39, 0.29) is 0 Å². The Morgan fingerprint density at radius 1 is 1.16 bits per heavy atom. The number of hydrogen-bond donors (Lipinski definition) is 0. The third kappa shape index (κ3) is 3.25. The number of para-hydroxylation sites is 1. The van der Waals surface area contributed by atoms with Crippen molar-refractivity contribution >= 4 is 39.1 Å². The zero-order valence-electron chi connectivity index (χ0n) is 10.6. The zero-order valence-corrected chi connectivity index (χ0v) is 13.7. The summed E-state index contributed by atoms with van der Waals surface area (Å²) >= 11 is 15.6. The van der Waals surface area contributed by atoms with Gasteiger partial charge in [-0.1, -0.05) is 39.7 Å². The average Bonchev–Trinajstić information content (AvgIpc) is 2.38. The molecule has 0 radical (unpaired) electrons. The minimum absolute atomic E-state index is 0.365. The lowest BCUT2D eigenvalue weighted by Gasteiger charge is -2.13.